The zero-order chi connectivity index (χ0) is 25.7. The van der Waals surface area contributed by atoms with Crippen molar-refractivity contribution in [2.75, 3.05) is 11.4 Å². The quantitative estimate of drug-likeness (QED) is 0.460. The van der Waals surface area contributed by atoms with Crippen LogP contribution in [0.3, 0.4) is 0 Å². The maximum absolute atomic E-state index is 13.5. The highest BCUT2D eigenvalue weighted by Gasteiger charge is 2.36. The zero-order valence-corrected chi connectivity index (χ0v) is 22.2. The minimum atomic E-state index is -1.13. The molecule has 3 aromatic rings. The Morgan fingerprint density at radius 2 is 1.77 bits per heavy atom. The molecule has 2 heterocycles. The van der Waals surface area contributed by atoms with E-state index in [9.17, 15) is 14.7 Å². The molecule has 1 amide bonds. The first kappa shape index (κ1) is 25.1. The van der Waals surface area contributed by atoms with Gasteiger partial charge < -0.3 is 14.7 Å². The van der Waals surface area contributed by atoms with Crippen LogP contribution < -0.4 is 4.90 Å². The number of aliphatic carboxylic acids is 1. The molecule has 0 unspecified atom stereocenters. The number of thiazole rings is 1. The van der Waals surface area contributed by atoms with Crippen molar-refractivity contribution in [3.63, 3.8) is 0 Å². The number of aromatic nitrogens is 1. The number of rotatable bonds is 5. The van der Waals surface area contributed by atoms with E-state index in [2.05, 4.69) is 4.98 Å². The number of hydrogen-bond acceptors (Lipinski definition) is 5. The van der Waals surface area contributed by atoms with Gasteiger partial charge in [0.25, 0.3) is 5.91 Å². The first-order valence-corrected chi connectivity index (χ1v) is 12.6. The number of ether oxygens (including phenoxy) is 1. The largest absolute Gasteiger partial charge is 0.479 e. The molecular weight excluding hydrogens is 460 g/mol. The number of anilines is 1. The lowest BCUT2D eigenvalue weighted by molar-refractivity contribution is -0.160. The minimum absolute atomic E-state index is 0.117. The van der Waals surface area contributed by atoms with Crippen molar-refractivity contribution in [3.8, 4) is 11.1 Å². The van der Waals surface area contributed by atoms with E-state index in [0.29, 0.717) is 24.2 Å². The summed E-state index contributed by atoms with van der Waals surface area (Å²) in [6, 6.07) is 10.0. The van der Waals surface area contributed by atoms with Crippen LogP contribution in [-0.2, 0) is 16.0 Å². The molecule has 1 atom stereocenters. The summed E-state index contributed by atoms with van der Waals surface area (Å²) >= 11 is 1.52. The van der Waals surface area contributed by atoms with Crippen molar-refractivity contribution in [1.29, 1.82) is 0 Å². The number of amides is 1. The molecule has 0 saturated carbocycles. The summed E-state index contributed by atoms with van der Waals surface area (Å²) in [5.74, 6) is -1.15. The third-order valence-electron chi connectivity index (χ3n) is 6.18. The lowest BCUT2D eigenvalue weighted by Crippen LogP contribution is -2.30. The number of carboxylic acids is 1. The van der Waals surface area contributed by atoms with Gasteiger partial charge in [-0.3, -0.25) is 4.79 Å². The summed E-state index contributed by atoms with van der Waals surface area (Å²) < 4.78 is 6.09. The van der Waals surface area contributed by atoms with E-state index in [4.69, 9.17) is 4.74 Å². The van der Waals surface area contributed by atoms with Crippen LogP contribution in [0, 0.1) is 27.7 Å². The van der Waals surface area contributed by atoms with Gasteiger partial charge in [-0.25, -0.2) is 9.78 Å². The first-order valence-electron chi connectivity index (χ1n) is 11.8. The average Bonchev–Trinajstić information content (AvgIpc) is 3.33. The summed E-state index contributed by atoms with van der Waals surface area (Å²) in [6.07, 6.45) is -0.508. The van der Waals surface area contributed by atoms with Gasteiger partial charge in [0, 0.05) is 22.7 Å². The number of carbonyl (C=O) groups excluding carboxylic acids is 1. The molecule has 6 nitrogen and oxygen atoms in total. The van der Waals surface area contributed by atoms with Crippen molar-refractivity contribution < 1.29 is 19.4 Å². The second kappa shape index (κ2) is 9.21. The predicted molar refractivity (Wildman–Crippen MR) is 140 cm³/mol. The molecule has 0 radical (unpaired) electrons. The maximum atomic E-state index is 13.5. The molecule has 4 rings (SSSR count). The van der Waals surface area contributed by atoms with E-state index in [-0.39, 0.29) is 5.91 Å². The van der Waals surface area contributed by atoms with Gasteiger partial charge in [-0.15, -0.1) is 11.3 Å². The Morgan fingerprint density at radius 3 is 2.31 bits per heavy atom. The van der Waals surface area contributed by atoms with E-state index < -0.39 is 17.7 Å². The monoisotopic (exact) mass is 492 g/mol. The minimum Gasteiger partial charge on any atom is -0.479 e. The van der Waals surface area contributed by atoms with Gasteiger partial charge in [0.1, 0.15) is 5.69 Å². The van der Waals surface area contributed by atoms with Crippen LogP contribution in [0.5, 0.6) is 0 Å². The second-order valence-corrected chi connectivity index (χ2v) is 11.5. The number of nitrogens with zero attached hydrogens (tertiary/aromatic N) is 2. The third-order valence-corrected chi connectivity index (χ3v) is 7.07. The molecule has 0 aliphatic carbocycles. The Labute approximate surface area is 210 Å². The number of aryl methyl sites for hydroxylation is 4. The van der Waals surface area contributed by atoms with Crippen molar-refractivity contribution >= 4 is 28.9 Å². The van der Waals surface area contributed by atoms with Crippen molar-refractivity contribution in [2.24, 2.45) is 0 Å². The number of hydrogen-bond donors (Lipinski definition) is 1. The highest BCUT2D eigenvalue weighted by molar-refractivity contribution is 7.11. The van der Waals surface area contributed by atoms with Crippen LogP contribution in [0.15, 0.2) is 30.3 Å². The van der Waals surface area contributed by atoms with Crippen LogP contribution in [-0.4, -0.2) is 34.1 Å². The molecule has 184 valence electrons. The second-order valence-electron chi connectivity index (χ2n) is 10.1. The molecule has 7 heteroatoms. The highest BCUT2D eigenvalue weighted by atomic mass is 32.1. The van der Waals surface area contributed by atoms with Crippen LogP contribution in [0.2, 0.25) is 0 Å². The number of carbonyl (C=O) groups is 2. The fourth-order valence-corrected chi connectivity index (χ4v) is 5.55. The molecule has 0 fully saturated rings. The molecule has 1 N–H and O–H groups in total. The maximum Gasteiger partial charge on any atom is 0.337 e. The van der Waals surface area contributed by atoms with Gasteiger partial charge in [0.05, 0.1) is 10.6 Å². The van der Waals surface area contributed by atoms with Crippen LogP contribution in [0.4, 0.5) is 5.69 Å². The van der Waals surface area contributed by atoms with Gasteiger partial charge in [-0.05, 0) is 83.2 Å². The number of carboxylic acid groups (broad SMARTS) is 1. The highest BCUT2D eigenvalue weighted by Crippen LogP contribution is 2.45. The first-order chi connectivity index (χ1) is 16.4. The van der Waals surface area contributed by atoms with Crippen molar-refractivity contribution in [2.45, 2.75) is 66.6 Å². The van der Waals surface area contributed by atoms with Crippen molar-refractivity contribution in [3.05, 3.63) is 68.2 Å². The Kier molecular flexibility index (Phi) is 6.60. The zero-order valence-electron chi connectivity index (χ0n) is 21.4. The third kappa shape index (κ3) is 4.88. The number of fused-ring (bicyclic) bond motifs is 1. The van der Waals surface area contributed by atoms with Gasteiger partial charge in [-0.1, -0.05) is 29.8 Å². The number of benzene rings is 2. The Bertz CT molecular complexity index is 1300. The standard InChI is InChI=1S/C28H32N2O4S/c1-15-8-10-19(11-9-15)23-20-12-13-30(26(31)24-17(3)35-18(4)29-24)21(20)14-16(2)22(23)25(27(32)33)34-28(5,6)7/h8-11,14,25H,12-13H2,1-7H3,(H,32,33)/t25-/m0/s1. The van der Waals surface area contributed by atoms with E-state index in [0.717, 1.165) is 43.4 Å². The van der Waals surface area contributed by atoms with Crippen LogP contribution in [0.1, 0.15) is 69.5 Å². The average molecular weight is 493 g/mol. The summed E-state index contributed by atoms with van der Waals surface area (Å²) in [5, 5.41) is 11.1. The Balaban J connectivity index is 1.93. The van der Waals surface area contributed by atoms with E-state index in [1.165, 1.54) is 11.3 Å². The SMILES string of the molecule is Cc1ccc(-c2c3c(cc(C)c2[C@H](OC(C)(C)C)C(=O)O)N(C(=O)c2nc(C)sc2C)CC3)cc1. The Hall–Kier alpha value is -3.03. The molecule has 0 bridgehead atoms. The molecular formula is C28H32N2O4S. The Morgan fingerprint density at radius 1 is 1.11 bits per heavy atom. The molecule has 1 aliphatic rings. The van der Waals surface area contributed by atoms with Crippen LogP contribution in [0.25, 0.3) is 11.1 Å². The normalized spacial score (nSPS) is 14.2. The summed E-state index contributed by atoms with van der Waals surface area (Å²) in [5.41, 5.74) is 5.92. The molecule has 0 spiro atoms. The predicted octanol–water partition coefficient (Wildman–Crippen LogP) is 6.19. The van der Waals surface area contributed by atoms with Crippen LogP contribution >= 0.6 is 11.3 Å². The fraction of sp³-hybridized carbons (Fsp3) is 0.393. The summed E-state index contributed by atoms with van der Waals surface area (Å²) in [7, 11) is 0. The molecule has 2 aromatic carbocycles. The lowest BCUT2D eigenvalue weighted by atomic mass is 9.86. The van der Waals surface area contributed by atoms with Crippen molar-refractivity contribution in [1.82, 2.24) is 4.98 Å². The molecule has 1 aliphatic heterocycles. The van der Waals surface area contributed by atoms with E-state index in [1.807, 2.05) is 78.8 Å². The summed E-state index contributed by atoms with van der Waals surface area (Å²) in [4.78, 5) is 33.1. The molecule has 1 aromatic heterocycles. The van der Waals surface area contributed by atoms with Gasteiger partial charge in [0.15, 0.2) is 6.10 Å². The molecule has 0 saturated heterocycles. The molecule has 35 heavy (non-hydrogen) atoms. The topological polar surface area (TPSA) is 79.7 Å². The smallest absolute Gasteiger partial charge is 0.337 e. The fourth-order valence-electron chi connectivity index (χ4n) is 4.74. The van der Waals surface area contributed by atoms with Gasteiger partial charge in [-0.2, -0.15) is 0 Å². The van der Waals surface area contributed by atoms with Gasteiger partial charge >= 0.3 is 5.97 Å². The lowest BCUT2D eigenvalue weighted by Gasteiger charge is -2.29. The summed E-state index contributed by atoms with van der Waals surface area (Å²) in [6.45, 7) is 13.8. The van der Waals surface area contributed by atoms with Gasteiger partial charge in [0.2, 0.25) is 0 Å². The van der Waals surface area contributed by atoms with E-state index in [1.54, 1.807) is 4.90 Å². The van der Waals surface area contributed by atoms with E-state index >= 15 is 0 Å².